The number of hydrogen-bond donors (Lipinski definition) is 1. The van der Waals surface area contributed by atoms with Crippen LogP contribution in [0.25, 0.3) is 22.2 Å². The zero-order chi connectivity index (χ0) is 17.5. The summed E-state index contributed by atoms with van der Waals surface area (Å²) in [5.74, 6) is 1.30. The van der Waals surface area contributed by atoms with E-state index >= 15 is 0 Å². The maximum atomic E-state index is 5.85. The Bertz CT molecular complexity index is 841. The van der Waals surface area contributed by atoms with E-state index in [9.17, 15) is 0 Å². The van der Waals surface area contributed by atoms with Crippen molar-refractivity contribution in [3.63, 3.8) is 0 Å². The van der Waals surface area contributed by atoms with Crippen molar-refractivity contribution < 1.29 is 4.52 Å². The molecule has 0 spiro atoms. The molecule has 0 saturated heterocycles. The normalized spacial score (nSPS) is 12.1. The van der Waals surface area contributed by atoms with Crippen molar-refractivity contribution >= 4 is 16.5 Å². The summed E-state index contributed by atoms with van der Waals surface area (Å²) < 4.78 is 5.46. The molecule has 0 unspecified atom stereocenters. The van der Waals surface area contributed by atoms with Crippen molar-refractivity contribution in [2.45, 2.75) is 46.0 Å². The van der Waals surface area contributed by atoms with Crippen LogP contribution in [0.3, 0.4) is 0 Å². The van der Waals surface area contributed by atoms with Gasteiger partial charge in [0.2, 0.25) is 5.82 Å². The first-order valence-electron chi connectivity index (χ1n) is 7.97. The first-order chi connectivity index (χ1) is 11.3. The van der Waals surface area contributed by atoms with E-state index in [1.54, 1.807) is 0 Å². The van der Waals surface area contributed by atoms with Crippen LogP contribution in [0.4, 0.5) is 5.13 Å². The van der Waals surface area contributed by atoms with Crippen LogP contribution in [0.15, 0.2) is 28.8 Å². The minimum Gasteiger partial charge on any atom is -0.375 e. The predicted molar refractivity (Wildman–Crippen MR) is 98.0 cm³/mol. The van der Waals surface area contributed by atoms with Gasteiger partial charge in [-0.1, -0.05) is 75.4 Å². The summed E-state index contributed by atoms with van der Waals surface area (Å²) in [5, 5.41) is 4.63. The molecule has 0 aliphatic heterocycles. The van der Waals surface area contributed by atoms with Crippen LogP contribution in [0.5, 0.6) is 0 Å². The molecular formula is C18H22N4OS. The number of nitrogens with two attached hydrogens (primary N) is 1. The Hall–Kier alpha value is -2.21. The van der Waals surface area contributed by atoms with Crippen molar-refractivity contribution in [1.82, 2.24) is 15.1 Å². The summed E-state index contributed by atoms with van der Waals surface area (Å²) in [4.78, 5) is 9.77. The fraction of sp³-hybridized carbons (Fsp3) is 0.389. The molecule has 0 saturated carbocycles. The molecule has 3 rings (SSSR count). The van der Waals surface area contributed by atoms with E-state index in [4.69, 9.17) is 10.3 Å². The van der Waals surface area contributed by atoms with E-state index in [1.807, 2.05) is 12.1 Å². The number of nitrogens with zero attached hydrogens (tertiary/aromatic N) is 3. The highest BCUT2D eigenvalue weighted by molar-refractivity contribution is 7.18. The van der Waals surface area contributed by atoms with Gasteiger partial charge in [-0.2, -0.15) is 4.98 Å². The number of nitrogen functional groups attached to an aromatic ring is 1. The van der Waals surface area contributed by atoms with Gasteiger partial charge in [0.05, 0.1) is 5.69 Å². The van der Waals surface area contributed by atoms with Crippen LogP contribution in [-0.4, -0.2) is 15.1 Å². The number of rotatable bonds is 3. The van der Waals surface area contributed by atoms with Gasteiger partial charge < -0.3 is 10.3 Å². The summed E-state index contributed by atoms with van der Waals surface area (Å²) in [5.41, 5.74) is 9.07. The fourth-order valence-corrected chi connectivity index (χ4v) is 3.36. The van der Waals surface area contributed by atoms with Gasteiger partial charge in [-0.15, -0.1) is 0 Å². The largest absolute Gasteiger partial charge is 0.375 e. The number of anilines is 1. The SMILES string of the molecule is CC(C)c1nc(N)sc1-c1nc(-c2ccc(C(C)(C)C)cc2)no1. The fourth-order valence-electron chi connectivity index (χ4n) is 2.45. The molecule has 3 aromatic rings. The first-order valence-corrected chi connectivity index (χ1v) is 8.78. The number of hydrogen-bond acceptors (Lipinski definition) is 6. The first kappa shape index (κ1) is 16.6. The Morgan fingerprint density at radius 2 is 1.75 bits per heavy atom. The van der Waals surface area contributed by atoms with E-state index in [0.29, 0.717) is 16.8 Å². The lowest BCUT2D eigenvalue weighted by Crippen LogP contribution is -2.10. The smallest absolute Gasteiger partial charge is 0.270 e. The van der Waals surface area contributed by atoms with Gasteiger partial charge in [0.25, 0.3) is 5.89 Å². The van der Waals surface area contributed by atoms with Crippen LogP contribution in [0, 0.1) is 0 Å². The Balaban J connectivity index is 1.94. The second-order valence-corrected chi connectivity index (χ2v) is 8.20. The summed E-state index contributed by atoms with van der Waals surface area (Å²) in [6.07, 6.45) is 0. The van der Waals surface area contributed by atoms with E-state index < -0.39 is 0 Å². The zero-order valence-corrected chi connectivity index (χ0v) is 15.4. The molecular weight excluding hydrogens is 320 g/mol. The van der Waals surface area contributed by atoms with E-state index in [0.717, 1.165) is 16.1 Å². The Morgan fingerprint density at radius 1 is 1.08 bits per heavy atom. The molecule has 126 valence electrons. The molecule has 0 aliphatic rings. The number of aromatic nitrogens is 3. The second-order valence-electron chi connectivity index (χ2n) is 7.17. The standard InChI is InChI=1S/C18H22N4OS/c1-10(2)13-14(24-17(19)20-13)16-21-15(22-23-16)11-6-8-12(9-7-11)18(3,4)5/h6-10H,1-5H3,(H2,19,20). The average Bonchev–Trinajstić information content (AvgIpc) is 3.13. The molecule has 0 aliphatic carbocycles. The van der Waals surface area contributed by atoms with Gasteiger partial charge in [-0.25, -0.2) is 4.98 Å². The lowest BCUT2D eigenvalue weighted by atomic mass is 9.87. The quantitative estimate of drug-likeness (QED) is 0.735. The summed E-state index contributed by atoms with van der Waals surface area (Å²) >= 11 is 1.38. The Kier molecular flexibility index (Phi) is 4.17. The molecule has 5 nitrogen and oxygen atoms in total. The number of benzene rings is 1. The summed E-state index contributed by atoms with van der Waals surface area (Å²) in [6, 6.07) is 8.27. The molecule has 0 atom stereocenters. The third-order valence-electron chi connectivity index (χ3n) is 3.85. The van der Waals surface area contributed by atoms with Crippen molar-refractivity contribution in [3.05, 3.63) is 35.5 Å². The van der Waals surface area contributed by atoms with Gasteiger partial charge in [-0.05, 0) is 16.9 Å². The van der Waals surface area contributed by atoms with E-state index in [1.165, 1.54) is 16.9 Å². The maximum Gasteiger partial charge on any atom is 0.270 e. The molecule has 2 heterocycles. The van der Waals surface area contributed by atoms with Gasteiger partial charge in [-0.3, -0.25) is 0 Å². The van der Waals surface area contributed by atoms with E-state index in [-0.39, 0.29) is 11.3 Å². The third kappa shape index (κ3) is 3.19. The molecule has 2 aromatic heterocycles. The van der Waals surface area contributed by atoms with Gasteiger partial charge in [0, 0.05) is 5.56 Å². The Labute approximate surface area is 145 Å². The minimum absolute atomic E-state index is 0.118. The molecule has 6 heteroatoms. The molecule has 0 bridgehead atoms. The minimum atomic E-state index is 0.118. The summed E-state index contributed by atoms with van der Waals surface area (Å²) in [6.45, 7) is 10.7. The van der Waals surface area contributed by atoms with Crippen molar-refractivity contribution in [2.24, 2.45) is 0 Å². The monoisotopic (exact) mass is 342 g/mol. The van der Waals surface area contributed by atoms with Crippen molar-refractivity contribution in [2.75, 3.05) is 5.73 Å². The van der Waals surface area contributed by atoms with Crippen molar-refractivity contribution in [3.8, 4) is 22.2 Å². The topological polar surface area (TPSA) is 77.8 Å². The molecule has 24 heavy (non-hydrogen) atoms. The molecule has 0 fully saturated rings. The van der Waals surface area contributed by atoms with Crippen LogP contribution < -0.4 is 5.73 Å². The maximum absolute atomic E-state index is 5.85. The highest BCUT2D eigenvalue weighted by Crippen LogP contribution is 2.35. The van der Waals surface area contributed by atoms with Gasteiger partial charge >= 0.3 is 0 Å². The average molecular weight is 342 g/mol. The molecule has 0 amide bonds. The molecule has 2 N–H and O–H groups in total. The lowest BCUT2D eigenvalue weighted by molar-refractivity contribution is 0.432. The second kappa shape index (κ2) is 6.02. The van der Waals surface area contributed by atoms with Crippen LogP contribution in [0.2, 0.25) is 0 Å². The molecule has 0 radical (unpaired) electrons. The van der Waals surface area contributed by atoms with Gasteiger partial charge in [0.1, 0.15) is 4.88 Å². The van der Waals surface area contributed by atoms with E-state index in [2.05, 4.69) is 61.9 Å². The van der Waals surface area contributed by atoms with Crippen LogP contribution in [0.1, 0.15) is 51.8 Å². The van der Waals surface area contributed by atoms with Crippen LogP contribution >= 0.6 is 11.3 Å². The highest BCUT2D eigenvalue weighted by atomic mass is 32.1. The number of thiazole rings is 1. The van der Waals surface area contributed by atoms with Crippen LogP contribution in [-0.2, 0) is 5.41 Å². The van der Waals surface area contributed by atoms with Crippen molar-refractivity contribution in [1.29, 1.82) is 0 Å². The highest BCUT2D eigenvalue weighted by Gasteiger charge is 2.21. The lowest BCUT2D eigenvalue weighted by Gasteiger charge is -2.18. The zero-order valence-electron chi connectivity index (χ0n) is 14.6. The van der Waals surface area contributed by atoms with Gasteiger partial charge in [0.15, 0.2) is 5.13 Å². The molecule has 1 aromatic carbocycles. The Morgan fingerprint density at radius 3 is 2.33 bits per heavy atom. The third-order valence-corrected chi connectivity index (χ3v) is 4.73. The predicted octanol–water partition coefficient (Wildman–Crippen LogP) is 4.86. The summed E-state index contributed by atoms with van der Waals surface area (Å²) in [7, 11) is 0.